The molecule has 1 rings (SSSR count). The molecule has 0 aliphatic carbocycles. The number of nitrogens with one attached hydrogen (secondary N) is 2. The molecule has 1 aromatic heterocycles. The van der Waals surface area contributed by atoms with Crippen LogP contribution < -0.4 is 10.6 Å². The van der Waals surface area contributed by atoms with E-state index < -0.39 is 12.1 Å². The molecule has 0 spiro atoms. The largest absolute Gasteiger partial charge is 0.465 e. The molecule has 1 aromatic rings. The van der Waals surface area contributed by atoms with Crippen LogP contribution in [0.1, 0.15) is 17.3 Å². The Balaban J connectivity index is 2.64. The minimum absolute atomic E-state index is 0.0213. The lowest BCUT2D eigenvalue weighted by Crippen LogP contribution is -2.34. The minimum Gasteiger partial charge on any atom is -0.465 e. The summed E-state index contributed by atoms with van der Waals surface area (Å²) in [6.07, 6.45) is 0.755. The smallest absolute Gasteiger partial charge is 0.413 e. The number of pyridine rings is 1. The summed E-state index contributed by atoms with van der Waals surface area (Å²) in [5, 5.41) is 4.97. The number of amides is 1. The van der Waals surface area contributed by atoms with Gasteiger partial charge in [0.05, 0.1) is 19.3 Å². The van der Waals surface area contributed by atoms with Crippen LogP contribution in [0.4, 0.5) is 10.6 Å². The van der Waals surface area contributed by atoms with E-state index in [4.69, 9.17) is 12.2 Å². The van der Waals surface area contributed by atoms with Gasteiger partial charge in [-0.3, -0.25) is 5.32 Å². The van der Waals surface area contributed by atoms with Crippen molar-refractivity contribution in [2.45, 2.75) is 6.92 Å². The molecule has 0 saturated heterocycles. The number of alkyl carbamates (subject to hydrolysis) is 1. The summed E-state index contributed by atoms with van der Waals surface area (Å²) >= 11 is 4.88. The van der Waals surface area contributed by atoms with Crippen LogP contribution in [-0.2, 0) is 9.47 Å². The van der Waals surface area contributed by atoms with E-state index in [-0.39, 0.29) is 11.7 Å². The summed E-state index contributed by atoms with van der Waals surface area (Å²) in [6.45, 7) is 1.92. The highest BCUT2D eigenvalue weighted by Gasteiger charge is 2.09. The van der Waals surface area contributed by atoms with Gasteiger partial charge in [-0.25, -0.2) is 14.6 Å². The normalized spacial score (nSPS) is 9.37. The lowest BCUT2D eigenvalue weighted by molar-refractivity contribution is 0.0600. The zero-order chi connectivity index (χ0) is 14.3. The number of anilines is 1. The fourth-order valence-corrected chi connectivity index (χ4v) is 1.34. The predicted molar refractivity (Wildman–Crippen MR) is 72.0 cm³/mol. The zero-order valence-corrected chi connectivity index (χ0v) is 11.2. The van der Waals surface area contributed by atoms with Crippen molar-refractivity contribution in [2.24, 2.45) is 0 Å². The van der Waals surface area contributed by atoms with Crippen molar-refractivity contribution in [1.29, 1.82) is 0 Å². The van der Waals surface area contributed by atoms with Crippen molar-refractivity contribution >= 4 is 35.2 Å². The van der Waals surface area contributed by atoms with Gasteiger partial charge >= 0.3 is 12.1 Å². The highest BCUT2D eigenvalue weighted by Crippen LogP contribution is 2.07. The van der Waals surface area contributed by atoms with E-state index in [1.807, 2.05) is 0 Å². The number of carbonyl (C=O) groups is 2. The molecule has 0 aromatic carbocycles. The van der Waals surface area contributed by atoms with E-state index in [2.05, 4.69) is 25.1 Å². The van der Waals surface area contributed by atoms with Crippen LogP contribution in [0.15, 0.2) is 18.3 Å². The number of nitrogens with zero attached hydrogens (tertiary/aromatic N) is 1. The molecule has 2 N–H and O–H groups in total. The first-order valence-corrected chi connectivity index (χ1v) is 5.76. The molecular weight excluding hydrogens is 270 g/mol. The van der Waals surface area contributed by atoms with Gasteiger partial charge < -0.3 is 14.8 Å². The van der Waals surface area contributed by atoms with E-state index in [9.17, 15) is 9.59 Å². The third kappa shape index (κ3) is 4.88. The van der Waals surface area contributed by atoms with Crippen LogP contribution >= 0.6 is 12.2 Å². The van der Waals surface area contributed by atoms with Crippen molar-refractivity contribution in [1.82, 2.24) is 10.3 Å². The van der Waals surface area contributed by atoms with E-state index >= 15 is 0 Å². The molecular formula is C11H13N3O4S. The fourth-order valence-electron chi connectivity index (χ4n) is 1.15. The van der Waals surface area contributed by atoms with Crippen LogP contribution in [-0.4, -0.2) is 35.9 Å². The number of hydrogen-bond donors (Lipinski definition) is 2. The molecule has 1 heterocycles. The van der Waals surface area contributed by atoms with Gasteiger partial charge in [0.25, 0.3) is 0 Å². The lowest BCUT2D eigenvalue weighted by Gasteiger charge is -2.09. The van der Waals surface area contributed by atoms with Gasteiger partial charge in [0.2, 0.25) is 0 Å². The van der Waals surface area contributed by atoms with Gasteiger partial charge in [0, 0.05) is 6.20 Å². The molecule has 1 amide bonds. The molecule has 0 atom stereocenters. The number of hydrogen-bond acceptors (Lipinski definition) is 6. The number of aromatic nitrogens is 1. The average molecular weight is 283 g/mol. The van der Waals surface area contributed by atoms with E-state index in [1.165, 1.54) is 25.4 Å². The van der Waals surface area contributed by atoms with Gasteiger partial charge in [0.15, 0.2) is 5.11 Å². The first-order chi connectivity index (χ1) is 9.06. The Morgan fingerprint density at radius 1 is 1.47 bits per heavy atom. The second-order valence-corrected chi connectivity index (χ2v) is 3.63. The molecule has 0 bridgehead atoms. The summed E-state index contributed by atoms with van der Waals surface area (Å²) < 4.78 is 9.23. The van der Waals surface area contributed by atoms with Crippen LogP contribution in [0.25, 0.3) is 0 Å². The first-order valence-electron chi connectivity index (χ1n) is 5.36. The predicted octanol–water partition coefficient (Wildman–Crippen LogP) is 1.31. The Kier molecular flexibility index (Phi) is 5.68. The Hall–Kier alpha value is -2.22. The van der Waals surface area contributed by atoms with Gasteiger partial charge in [-0.2, -0.15) is 0 Å². The number of esters is 1. The number of rotatable bonds is 3. The SMILES string of the molecule is CCOC(=O)NC(=S)Nc1cc(C(=O)OC)ccn1. The maximum Gasteiger partial charge on any atom is 0.413 e. The van der Waals surface area contributed by atoms with E-state index in [0.29, 0.717) is 11.4 Å². The molecule has 102 valence electrons. The van der Waals surface area contributed by atoms with Crippen molar-refractivity contribution in [3.8, 4) is 0 Å². The zero-order valence-electron chi connectivity index (χ0n) is 10.4. The molecule has 0 fully saturated rings. The third-order valence-electron chi connectivity index (χ3n) is 1.91. The highest BCUT2D eigenvalue weighted by atomic mass is 32.1. The molecule has 0 radical (unpaired) electrons. The summed E-state index contributed by atoms with van der Waals surface area (Å²) in [5.74, 6) is -0.181. The molecule has 0 saturated carbocycles. The molecule has 7 nitrogen and oxygen atoms in total. The number of thiocarbonyl (C=S) groups is 1. The summed E-state index contributed by atoms with van der Waals surface area (Å²) in [4.78, 5) is 26.4. The Labute approximate surface area is 115 Å². The lowest BCUT2D eigenvalue weighted by atomic mass is 10.2. The van der Waals surface area contributed by atoms with Gasteiger partial charge in [-0.1, -0.05) is 0 Å². The summed E-state index contributed by atoms with van der Waals surface area (Å²) in [5.41, 5.74) is 0.318. The quantitative estimate of drug-likeness (QED) is 0.638. The summed E-state index contributed by atoms with van der Waals surface area (Å²) in [6, 6.07) is 2.95. The fraction of sp³-hybridized carbons (Fsp3) is 0.273. The van der Waals surface area contributed by atoms with Crippen molar-refractivity contribution in [3.63, 3.8) is 0 Å². The molecule has 8 heteroatoms. The maximum atomic E-state index is 11.3. The Bertz CT molecular complexity index is 493. The third-order valence-corrected chi connectivity index (χ3v) is 2.12. The van der Waals surface area contributed by atoms with Crippen LogP contribution in [0.3, 0.4) is 0 Å². The van der Waals surface area contributed by atoms with Crippen LogP contribution in [0, 0.1) is 0 Å². The standard InChI is InChI=1S/C11H13N3O4S/c1-3-18-11(16)14-10(19)13-8-6-7(4-5-12-8)9(15)17-2/h4-6H,3H2,1-2H3,(H2,12,13,14,16,19). The number of ether oxygens (including phenoxy) is 2. The Morgan fingerprint density at radius 3 is 2.84 bits per heavy atom. The second-order valence-electron chi connectivity index (χ2n) is 3.22. The minimum atomic E-state index is -0.663. The average Bonchev–Trinajstić information content (AvgIpc) is 2.38. The number of carbonyl (C=O) groups excluding carboxylic acids is 2. The van der Waals surface area contributed by atoms with Gasteiger partial charge in [0.1, 0.15) is 5.82 Å². The molecule has 0 aliphatic rings. The van der Waals surface area contributed by atoms with Crippen molar-refractivity contribution in [3.05, 3.63) is 23.9 Å². The molecule has 0 aliphatic heterocycles. The number of methoxy groups -OCH3 is 1. The van der Waals surface area contributed by atoms with E-state index in [1.54, 1.807) is 6.92 Å². The van der Waals surface area contributed by atoms with Gasteiger partial charge in [-0.15, -0.1) is 0 Å². The maximum absolute atomic E-state index is 11.3. The summed E-state index contributed by atoms with van der Waals surface area (Å²) in [7, 11) is 1.28. The van der Waals surface area contributed by atoms with Crippen molar-refractivity contribution in [2.75, 3.05) is 19.0 Å². The van der Waals surface area contributed by atoms with Crippen LogP contribution in [0.5, 0.6) is 0 Å². The topological polar surface area (TPSA) is 89.6 Å². The Morgan fingerprint density at radius 2 is 2.21 bits per heavy atom. The first kappa shape index (κ1) is 14.8. The molecule has 19 heavy (non-hydrogen) atoms. The monoisotopic (exact) mass is 283 g/mol. The van der Waals surface area contributed by atoms with Crippen molar-refractivity contribution < 1.29 is 19.1 Å². The van der Waals surface area contributed by atoms with E-state index in [0.717, 1.165) is 0 Å². The highest BCUT2D eigenvalue weighted by molar-refractivity contribution is 7.80. The van der Waals surface area contributed by atoms with Crippen LogP contribution in [0.2, 0.25) is 0 Å². The van der Waals surface area contributed by atoms with Gasteiger partial charge in [-0.05, 0) is 31.3 Å². The second kappa shape index (κ2) is 7.27. The molecule has 0 unspecified atom stereocenters.